The van der Waals surface area contributed by atoms with Crippen molar-refractivity contribution in [2.75, 3.05) is 0 Å². The first-order valence-electron chi connectivity index (χ1n) is 6.28. The molecule has 3 nitrogen and oxygen atoms in total. The molecule has 0 aliphatic heterocycles. The Hall–Kier alpha value is -1.75. The lowest BCUT2D eigenvalue weighted by Crippen LogP contribution is -2.15. The predicted molar refractivity (Wildman–Crippen MR) is 66.5 cm³/mol. The fourth-order valence-corrected chi connectivity index (χ4v) is 1.97. The van der Waals surface area contributed by atoms with Crippen LogP contribution in [-0.2, 0) is 6.54 Å². The first-order chi connectivity index (χ1) is 9.15. The average Bonchev–Trinajstić information content (AvgIpc) is 3.09. The van der Waals surface area contributed by atoms with Crippen LogP contribution in [0.2, 0.25) is 0 Å². The largest absolute Gasteiger partial charge is 0.356 e. The highest BCUT2D eigenvalue weighted by molar-refractivity contribution is 5.62. The summed E-state index contributed by atoms with van der Waals surface area (Å²) in [4.78, 5) is 0. The van der Waals surface area contributed by atoms with Gasteiger partial charge in [-0.1, -0.05) is 5.16 Å². The van der Waals surface area contributed by atoms with E-state index in [0.717, 1.165) is 24.5 Å². The molecule has 0 spiro atoms. The molecular weight excluding hydrogens is 250 g/mol. The Bertz CT molecular complexity index is 605. The Balaban J connectivity index is 1.92. The molecule has 1 N–H and O–H groups in total. The average molecular weight is 264 g/mol. The molecule has 5 heteroatoms. The first kappa shape index (κ1) is 12.3. The van der Waals surface area contributed by atoms with Gasteiger partial charge in [0.05, 0.1) is 11.8 Å². The minimum absolute atomic E-state index is 0.119. The molecule has 1 aliphatic carbocycles. The van der Waals surface area contributed by atoms with E-state index in [1.54, 1.807) is 6.20 Å². The Labute approximate surface area is 109 Å². The van der Waals surface area contributed by atoms with Crippen molar-refractivity contribution in [3.8, 4) is 11.3 Å². The summed E-state index contributed by atoms with van der Waals surface area (Å²) in [6.45, 7) is 2.08. The molecular formula is C14H14F2N2O. The fourth-order valence-electron chi connectivity index (χ4n) is 1.97. The molecule has 1 aromatic heterocycles. The van der Waals surface area contributed by atoms with Crippen LogP contribution >= 0.6 is 0 Å². The molecule has 19 heavy (non-hydrogen) atoms. The second-order valence-electron chi connectivity index (χ2n) is 4.92. The maximum absolute atomic E-state index is 13.9. The number of nitrogens with one attached hydrogen (secondary N) is 1. The van der Waals surface area contributed by atoms with E-state index in [0.29, 0.717) is 18.3 Å². The topological polar surface area (TPSA) is 38.1 Å². The van der Waals surface area contributed by atoms with Gasteiger partial charge in [-0.15, -0.1) is 0 Å². The SMILES string of the molecule is Cc1cc(F)c(-c2oncc2CNC2CC2)cc1F. The van der Waals surface area contributed by atoms with E-state index in [9.17, 15) is 8.78 Å². The second kappa shape index (κ2) is 4.74. The number of benzene rings is 1. The standard InChI is InChI=1S/C14H14F2N2O/c1-8-4-13(16)11(5-12(8)15)14-9(7-18-19-14)6-17-10-2-3-10/h4-5,7,10,17H,2-3,6H2,1H3. The molecule has 0 bridgehead atoms. The molecule has 0 unspecified atom stereocenters. The van der Waals surface area contributed by atoms with Gasteiger partial charge in [-0.3, -0.25) is 0 Å². The van der Waals surface area contributed by atoms with Crippen molar-refractivity contribution < 1.29 is 13.3 Å². The smallest absolute Gasteiger partial charge is 0.174 e. The third kappa shape index (κ3) is 2.51. The molecule has 1 heterocycles. The first-order valence-corrected chi connectivity index (χ1v) is 6.28. The van der Waals surface area contributed by atoms with Gasteiger partial charge in [0.15, 0.2) is 5.76 Å². The Morgan fingerprint density at radius 3 is 2.84 bits per heavy atom. The van der Waals surface area contributed by atoms with Crippen molar-refractivity contribution in [1.29, 1.82) is 0 Å². The third-order valence-electron chi connectivity index (χ3n) is 3.30. The van der Waals surface area contributed by atoms with E-state index in [4.69, 9.17) is 4.52 Å². The minimum atomic E-state index is -0.497. The molecule has 1 aliphatic rings. The molecule has 0 radical (unpaired) electrons. The summed E-state index contributed by atoms with van der Waals surface area (Å²) in [5.74, 6) is -0.651. The number of aromatic nitrogens is 1. The summed E-state index contributed by atoms with van der Waals surface area (Å²) in [5.41, 5.74) is 1.14. The third-order valence-corrected chi connectivity index (χ3v) is 3.30. The van der Waals surface area contributed by atoms with E-state index < -0.39 is 11.6 Å². The van der Waals surface area contributed by atoms with Gasteiger partial charge in [0, 0.05) is 18.2 Å². The van der Waals surface area contributed by atoms with Crippen LogP contribution in [0, 0.1) is 18.6 Å². The zero-order valence-corrected chi connectivity index (χ0v) is 10.5. The summed E-state index contributed by atoms with van der Waals surface area (Å²) >= 11 is 0. The number of hydrogen-bond acceptors (Lipinski definition) is 3. The van der Waals surface area contributed by atoms with Gasteiger partial charge in [0.1, 0.15) is 11.6 Å². The van der Waals surface area contributed by atoms with Crippen molar-refractivity contribution in [3.63, 3.8) is 0 Å². The van der Waals surface area contributed by atoms with Gasteiger partial charge in [-0.05, 0) is 37.5 Å². The highest BCUT2D eigenvalue weighted by Gasteiger charge is 2.22. The molecule has 1 fully saturated rings. The molecule has 100 valence electrons. The van der Waals surface area contributed by atoms with Gasteiger partial charge < -0.3 is 9.84 Å². The van der Waals surface area contributed by atoms with Crippen molar-refractivity contribution in [2.24, 2.45) is 0 Å². The number of nitrogens with zero attached hydrogens (tertiary/aromatic N) is 1. The zero-order chi connectivity index (χ0) is 13.4. The fraction of sp³-hybridized carbons (Fsp3) is 0.357. The molecule has 3 rings (SSSR count). The van der Waals surface area contributed by atoms with Gasteiger partial charge in [0.2, 0.25) is 0 Å². The van der Waals surface area contributed by atoms with Crippen LogP contribution in [0.1, 0.15) is 24.0 Å². The molecule has 2 aromatic rings. The zero-order valence-electron chi connectivity index (χ0n) is 10.5. The maximum Gasteiger partial charge on any atom is 0.174 e. The van der Waals surface area contributed by atoms with Crippen LogP contribution in [0.3, 0.4) is 0 Å². The Morgan fingerprint density at radius 2 is 2.11 bits per heavy atom. The van der Waals surface area contributed by atoms with Crippen LogP contribution in [0.25, 0.3) is 11.3 Å². The van der Waals surface area contributed by atoms with Crippen molar-refractivity contribution in [2.45, 2.75) is 32.4 Å². The van der Waals surface area contributed by atoms with E-state index in [1.165, 1.54) is 13.0 Å². The van der Waals surface area contributed by atoms with E-state index >= 15 is 0 Å². The van der Waals surface area contributed by atoms with Crippen LogP contribution in [0.5, 0.6) is 0 Å². The molecule has 0 atom stereocenters. The van der Waals surface area contributed by atoms with Crippen LogP contribution in [0.4, 0.5) is 8.78 Å². The predicted octanol–water partition coefficient (Wildman–Crippen LogP) is 3.18. The van der Waals surface area contributed by atoms with Gasteiger partial charge >= 0.3 is 0 Å². The summed E-state index contributed by atoms with van der Waals surface area (Å²) in [5, 5.41) is 6.98. The monoisotopic (exact) mass is 264 g/mol. The summed E-state index contributed by atoms with van der Waals surface area (Å²) < 4.78 is 32.6. The van der Waals surface area contributed by atoms with E-state index in [-0.39, 0.29) is 11.1 Å². The number of rotatable bonds is 4. The van der Waals surface area contributed by atoms with Gasteiger partial charge in [-0.2, -0.15) is 0 Å². The normalized spacial score (nSPS) is 14.9. The van der Waals surface area contributed by atoms with Gasteiger partial charge in [-0.25, -0.2) is 8.78 Å². The second-order valence-corrected chi connectivity index (χ2v) is 4.92. The van der Waals surface area contributed by atoms with Crippen molar-refractivity contribution >= 4 is 0 Å². The minimum Gasteiger partial charge on any atom is -0.356 e. The lowest BCUT2D eigenvalue weighted by Gasteiger charge is -2.05. The van der Waals surface area contributed by atoms with Gasteiger partial charge in [0.25, 0.3) is 0 Å². The summed E-state index contributed by atoms with van der Waals surface area (Å²) in [7, 11) is 0. The Morgan fingerprint density at radius 1 is 1.32 bits per heavy atom. The van der Waals surface area contributed by atoms with E-state index in [2.05, 4.69) is 10.5 Å². The summed E-state index contributed by atoms with van der Waals surface area (Å²) in [6.07, 6.45) is 3.87. The molecule has 0 amide bonds. The lowest BCUT2D eigenvalue weighted by molar-refractivity contribution is 0.428. The maximum atomic E-state index is 13.9. The molecule has 1 saturated carbocycles. The highest BCUT2D eigenvalue weighted by Crippen LogP contribution is 2.29. The summed E-state index contributed by atoms with van der Waals surface area (Å²) in [6, 6.07) is 2.86. The quantitative estimate of drug-likeness (QED) is 0.921. The lowest BCUT2D eigenvalue weighted by atomic mass is 10.1. The number of hydrogen-bond donors (Lipinski definition) is 1. The van der Waals surface area contributed by atoms with E-state index in [1.807, 2.05) is 0 Å². The highest BCUT2D eigenvalue weighted by atomic mass is 19.1. The number of aryl methyl sites for hydroxylation is 1. The molecule has 0 saturated heterocycles. The van der Waals surface area contributed by atoms with Crippen LogP contribution in [0.15, 0.2) is 22.9 Å². The number of halogens is 2. The van der Waals surface area contributed by atoms with Crippen molar-refractivity contribution in [3.05, 3.63) is 41.1 Å². The van der Waals surface area contributed by atoms with Crippen LogP contribution < -0.4 is 5.32 Å². The van der Waals surface area contributed by atoms with Crippen molar-refractivity contribution in [1.82, 2.24) is 10.5 Å². The Kier molecular flexibility index (Phi) is 3.06. The van der Waals surface area contributed by atoms with Crippen LogP contribution in [-0.4, -0.2) is 11.2 Å². The molecule has 1 aromatic carbocycles.